The molecule has 1 amide bonds. The van der Waals surface area contributed by atoms with Gasteiger partial charge in [-0.1, -0.05) is 6.92 Å². The molecule has 0 bridgehead atoms. The standard InChI is InChI=1S/C11H15BrN2O2.ClH/c1-7-6-13-5-4-8(7)14-11(15)9-2-3-10(12)16-9;/h2-3,7-8,13H,4-6H2,1H3,(H,14,15);1H. The first-order valence-electron chi connectivity index (χ1n) is 5.44. The Bertz CT molecular complexity index is 383. The maximum Gasteiger partial charge on any atom is 0.287 e. The molecule has 1 saturated heterocycles. The lowest BCUT2D eigenvalue weighted by Gasteiger charge is -2.29. The molecule has 2 N–H and O–H groups in total. The van der Waals surface area contributed by atoms with Gasteiger partial charge in [0.1, 0.15) is 0 Å². The Labute approximate surface area is 115 Å². The Hall–Kier alpha value is -0.520. The van der Waals surface area contributed by atoms with E-state index in [0.717, 1.165) is 19.5 Å². The second kappa shape index (κ2) is 6.42. The molecule has 1 aromatic rings. The number of carbonyl (C=O) groups excluding carboxylic acids is 1. The molecule has 1 aliphatic rings. The zero-order valence-corrected chi connectivity index (χ0v) is 11.9. The summed E-state index contributed by atoms with van der Waals surface area (Å²) in [5.74, 6) is 0.679. The summed E-state index contributed by atoms with van der Waals surface area (Å²) in [5.41, 5.74) is 0. The van der Waals surface area contributed by atoms with Gasteiger partial charge in [-0.05, 0) is 53.5 Å². The summed E-state index contributed by atoms with van der Waals surface area (Å²) in [6.45, 7) is 4.04. The number of furan rings is 1. The van der Waals surface area contributed by atoms with Crippen molar-refractivity contribution in [3.63, 3.8) is 0 Å². The zero-order valence-electron chi connectivity index (χ0n) is 9.53. The van der Waals surface area contributed by atoms with Crippen molar-refractivity contribution < 1.29 is 9.21 Å². The lowest BCUT2D eigenvalue weighted by molar-refractivity contribution is 0.0884. The van der Waals surface area contributed by atoms with E-state index in [0.29, 0.717) is 16.3 Å². The highest BCUT2D eigenvalue weighted by Crippen LogP contribution is 2.15. The lowest BCUT2D eigenvalue weighted by atomic mass is 9.95. The second-order valence-corrected chi connectivity index (χ2v) is 4.94. The van der Waals surface area contributed by atoms with Crippen LogP contribution in [0.15, 0.2) is 21.2 Å². The van der Waals surface area contributed by atoms with Gasteiger partial charge in [0.2, 0.25) is 0 Å². The Morgan fingerprint density at radius 1 is 1.59 bits per heavy atom. The van der Waals surface area contributed by atoms with Gasteiger partial charge in [0.15, 0.2) is 10.4 Å². The van der Waals surface area contributed by atoms with Gasteiger partial charge in [-0.15, -0.1) is 12.4 Å². The summed E-state index contributed by atoms with van der Waals surface area (Å²) < 4.78 is 5.79. The third-order valence-corrected chi connectivity index (χ3v) is 3.33. The molecule has 2 rings (SSSR count). The molecule has 17 heavy (non-hydrogen) atoms. The molecule has 2 heterocycles. The van der Waals surface area contributed by atoms with Crippen molar-refractivity contribution in [2.24, 2.45) is 5.92 Å². The number of hydrogen-bond acceptors (Lipinski definition) is 3. The van der Waals surface area contributed by atoms with E-state index in [2.05, 4.69) is 33.5 Å². The van der Waals surface area contributed by atoms with Crippen LogP contribution in [0.4, 0.5) is 0 Å². The summed E-state index contributed by atoms with van der Waals surface area (Å²) in [7, 11) is 0. The Balaban J connectivity index is 0.00000144. The Morgan fingerprint density at radius 3 is 2.94 bits per heavy atom. The number of piperidine rings is 1. The van der Waals surface area contributed by atoms with Crippen molar-refractivity contribution in [3.05, 3.63) is 22.6 Å². The second-order valence-electron chi connectivity index (χ2n) is 4.15. The van der Waals surface area contributed by atoms with Crippen LogP contribution in [0, 0.1) is 5.92 Å². The fourth-order valence-corrected chi connectivity index (χ4v) is 2.21. The van der Waals surface area contributed by atoms with Gasteiger partial charge < -0.3 is 15.1 Å². The maximum atomic E-state index is 11.8. The number of nitrogens with one attached hydrogen (secondary N) is 2. The molecule has 96 valence electrons. The smallest absolute Gasteiger partial charge is 0.287 e. The number of halogens is 2. The number of hydrogen-bond donors (Lipinski definition) is 2. The van der Waals surface area contributed by atoms with Crippen LogP contribution in [-0.4, -0.2) is 25.0 Å². The summed E-state index contributed by atoms with van der Waals surface area (Å²) in [6.07, 6.45) is 0.967. The molecule has 6 heteroatoms. The first-order chi connectivity index (χ1) is 7.66. The van der Waals surface area contributed by atoms with Crippen molar-refractivity contribution >= 4 is 34.2 Å². The molecule has 4 nitrogen and oxygen atoms in total. The van der Waals surface area contributed by atoms with E-state index in [9.17, 15) is 4.79 Å². The lowest BCUT2D eigenvalue weighted by Crippen LogP contribution is -2.48. The molecule has 2 atom stereocenters. The highest BCUT2D eigenvalue weighted by Gasteiger charge is 2.23. The fraction of sp³-hybridized carbons (Fsp3) is 0.545. The highest BCUT2D eigenvalue weighted by molar-refractivity contribution is 9.10. The van der Waals surface area contributed by atoms with E-state index in [-0.39, 0.29) is 24.4 Å². The molecule has 1 aliphatic heterocycles. The average molecular weight is 324 g/mol. The van der Waals surface area contributed by atoms with E-state index in [4.69, 9.17) is 4.42 Å². The predicted octanol–water partition coefficient (Wildman–Crippen LogP) is 2.19. The minimum Gasteiger partial charge on any atom is -0.444 e. The van der Waals surface area contributed by atoms with Crippen LogP contribution >= 0.6 is 28.3 Å². The monoisotopic (exact) mass is 322 g/mol. The van der Waals surface area contributed by atoms with Gasteiger partial charge in [0, 0.05) is 6.04 Å². The van der Waals surface area contributed by atoms with Gasteiger partial charge in [0.25, 0.3) is 5.91 Å². The molecule has 2 unspecified atom stereocenters. The van der Waals surface area contributed by atoms with Crippen LogP contribution in [0.5, 0.6) is 0 Å². The average Bonchev–Trinajstić information content (AvgIpc) is 2.68. The van der Waals surface area contributed by atoms with E-state index in [1.165, 1.54) is 0 Å². The van der Waals surface area contributed by atoms with Crippen LogP contribution in [0.25, 0.3) is 0 Å². The van der Waals surface area contributed by atoms with E-state index in [1.54, 1.807) is 12.1 Å². The van der Waals surface area contributed by atoms with Crippen molar-refractivity contribution in [1.29, 1.82) is 0 Å². The first kappa shape index (κ1) is 14.5. The summed E-state index contributed by atoms with van der Waals surface area (Å²) >= 11 is 3.18. The Kier molecular flexibility index (Phi) is 5.49. The first-order valence-corrected chi connectivity index (χ1v) is 6.23. The molecule has 1 aromatic heterocycles. The molecular weight excluding hydrogens is 307 g/mol. The molecular formula is C11H16BrClN2O2. The summed E-state index contributed by atoms with van der Waals surface area (Å²) in [5, 5.41) is 6.30. The SMILES string of the molecule is CC1CNCCC1NC(=O)c1ccc(Br)o1.Cl. The van der Waals surface area contributed by atoms with Gasteiger partial charge in [0.05, 0.1) is 0 Å². The van der Waals surface area contributed by atoms with Gasteiger partial charge in [-0.3, -0.25) is 4.79 Å². The third-order valence-electron chi connectivity index (χ3n) is 2.90. The van der Waals surface area contributed by atoms with Crippen LogP contribution < -0.4 is 10.6 Å². The maximum absolute atomic E-state index is 11.8. The number of amides is 1. The zero-order chi connectivity index (χ0) is 11.5. The van der Waals surface area contributed by atoms with Crippen molar-refractivity contribution in [2.45, 2.75) is 19.4 Å². The normalized spacial score (nSPS) is 23.9. The third kappa shape index (κ3) is 3.72. The van der Waals surface area contributed by atoms with Gasteiger partial charge in [-0.2, -0.15) is 0 Å². The van der Waals surface area contributed by atoms with Crippen molar-refractivity contribution in [1.82, 2.24) is 10.6 Å². The summed E-state index contributed by atoms with van der Waals surface area (Å²) in [4.78, 5) is 11.8. The van der Waals surface area contributed by atoms with E-state index >= 15 is 0 Å². The minimum absolute atomic E-state index is 0. The molecule has 0 saturated carbocycles. The Morgan fingerprint density at radius 2 is 2.35 bits per heavy atom. The highest BCUT2D eigenvalue weighted by atomic mass is 79.9. The number of carbonyl (C=O) groups is 1. The molecule has 0 radical (unpaired) electrons. The van der Waals surface area contributed by atoms with Crippen LogP contribution in [0.3, 0.4) is 0 Å². The molecule has 0 aliphatic carbocycles. The van der Waals surface area contributed by atoms with Gasteiger partial charge >= 0.3 is 0 Å². The van der Waals surface area contributed by atoms with E-state index < -0.39 is 0 Å². The minimum atomic E-state index is -0.135. The van der Waals surface area contributed by atoms with Crippen LogP contribution in [0.2, 0.25) is 0 Å². The van der Waals surface area contributed by atoms with Crippen molar-refractivity contribution in [2.75, 3.05) is 13.1 Å². The summed E-state index contributed by atoms with van der Waals surface area (Å²) in [6, 6.07) is 3.63. The van der Waals surface area contributed by atoms with E-state index in [1.807, 2.05) is 0 Å². The number of rotatable bonds is 2. The molecule has 0 spiro atoms. The predicted molar refractivity (Wildman–Crippen MR) is 71.6 cm³/mol. The van der Waals surface area contributed by atoms with Gasteiger partial charge in [-0.25, -0.2) is 0 Å². The fourth-order valence-electron chi connectivity index (χ4n) is 1.90. The quantitative estimate of drug-likeness (QED) is 0.877. The largest absolute Gasteiger partial charge is 0.444 e. The topological polar surface area (TPSA) is 54.3 Å². The molecule has 0 aromatic carbocycles. The van der Waals surface area contributed by atoms with Crippen molar-refractivity contribution in [3.8, 4) is 0 Å². The van der Waals surface area contributed by atoms with Crippen LogP contribution in [0.1, 0.15) is 23.9 Å². The molecule has 1 fully saturated rings. The van der Waals surface area contributed by atoms with Crippen LogP contribution in [-0.2, 0) is 0 Å².